The Morgan fingerprint density at radius 1 is 1.06 bits per heavy atom. The first-order chi connectivity index (χ1) is 15.5. The largest absolute Gasteiger partial charge is 0.417 e. The molecule has 5 rings (SSSR count). The Kier molecular flexibility index (Phi) is 5.30. The lowest BCUT2D eigenvalue weighted by Gasteiger charge is -2.58. The van der Waals surface area contributed by atoms with Crippen LogP contribution in [0.1, 0.15) is 76.8 Å². The van der Waals surface area contributed by atoms with Crippen LogP contribution in [0, 0.1) is 28.6 Å². The zero-order chi connectivity index (χ0) is 23.6. The van der Waals surface area contributed by atoms with E-state index in [4.69, 9.17) is 0 Å². The molecule has 0 aromatic carbocycles. The van der Waals surface area contributed by atoms with Gasteiger partial charge in [0, 0.05) is 25.4 Å². The van der Waals surface area contributed by atoms with Crippen LogP contribution in [0.5, 0.6) is 0 Å². The van der Waals surface area contributed by atoms with E-state index >= 15 is 0 Å². The minimum atomic E-state index is -4.38. The maximum Gasteiger partial charge on any atom is 0.417 e. The minimum Gasteiger partial charge on any atom is -0.353 e. The lowest BCUT2D eigenvalue weighted by atomic mass is 9.47. The van der Waals surface area contributed by atoms with Crippen molar-refractivity contribution in [2.75, 3.05) is 0 Å². The topological polar surface area (TPSA) is 42.0 Å². The van der Waals surface area contributed by atoms with Gasteiger partial charge >= 0.3 is 6.18 Å². The molecule has 33 heavy (non-hydrogen) atoms. The van der Waals surface area contributed by atoms with E-state index in [0.717, 1.165) is 56.7 Å². The minimum absolute atomic E-state index is 0.0416. The third kappa shape index (κ3) is 3.64. The van der Waals surface area contributed by atoms with Crippen molar-refractivity contribution in [1.82, 2.24) is 10.3 Å². The Bertz CT molecular complexity index is 1030. The van der Waals surface area contributed by atoms with Gasteiger partial charge in [0.1, 0.15) is 0 Å². The standard InChI is InChI=1S/C27H33F3N2O/c1-16(33)32-20-8-10-25(2)18(13-20)4-5-21-23-7-6-22(26(23,3)11-9-24(21)25)17-12-19(15-31-14-17)27(28,29)30/h4,6,12,14-15,20-21,23-24H,5,7-11,13H2,1-3H3,(H,32,33). The first kappa shape index (κ1) is 22.7. The molecule has 1 amide bonds. The second-order valence-electron chi connectivity index (χ2n) is 11.2. The van der Waals surface area contributed by atoms with Gasteiger partial charge in [0.2, 0.25) is 5.91 Å². The molecule has 2 saturated carbocycles. The molecule has 6 heteroatoms. The number of aromatic nitrogens is 1. The Labute approximate surface area is 193 Å². The number of hydrogen-bond donors (Lipinski definition) is 1. The van der Waals surface area contributed by atoms with Crippen molar-refractivity contribution in [1.29, 1.82) is 0 Å². The molecule has 4 aliphatic carbocycles. The van der Waals surface area contributed by atoms with Crippen molar-refractivity contribution in [3.8, 4) is 0 Å². The molecule has 2 fully saturated rings. The van der Waals surface area contributed by atoms with Crippen molar-refractivity contribution < 1.29 is 18.0 Å². The van der Waals surface area contributed by atoms with E-state index in [1.165, 1.54) is 11.6 Å². The Balaban J connectivity index is 1.41. The van der Waals surface area contributed by atoms with Crippen molar-refractivity contribution in [3.05, 3.63) is 47.3 Å². The first-order valence-electron chi connectivity index (χ1n) is 12.2. The Hall–Kier alpha value is -2.11. The SMILES string of the molecule is CC(=O)NC1CCC2(C)C(=CCC3C2CCC2(C)C(c4cncc(C(F)(F)F)c4)=CCC32)C1. The summed E-state index contributed by atoms with van der Waals surface area (Å²) in [5, 5.41) is 3.11. The molecule has 1 aromatic rings. The van der Waals surface area contributed by atoms with Gasteiger partial charge in [-0.25, -0.2) is 0 Å². The third-order valence-electron chi connectivity index (χ3n) is 9.47. The molecule has 0 radical (unpaired) electrons. The maximum absolute atomic E-state index is 13.3. The number of amides is 1. The first-order valence-corrected chi connectivity index (χ1v) is 12.2. The molecule has 4 aliphatic rings. The molecule has 3 nitrogen and oxygen atoms in total. The number of carbonyl (C=O) groups excluding carboxylic acids is 1. The highest BCUT2D eigenvalue weighted by molar-refractivity contribution is 5.73. The van der Waals surface area contributed by atoms with Crippen LogP contribution < -0.4 is 5.32 Å². The van der Waals surface area contributed by atoms with Gasteiger partial charge in [-0.05, 0) is 90.7 Å². The molecule has 1 heterocycles. The Morgan fingerprint density at radius 2 is 1.82 bits per heavy atom. The summed E-state index contributed by atoms with van der Waals surface area (Å²) < 4.78 is 39.9. The summed E-state index contributed by atoms with van der Waals surface area (Å²) in [6, 6.07) is 1.52. The quantitative estimate of drug-likeness (QED) is 0.510. The monoisotopic (exact) mass is 458 g/mol. The number of rotatable bonds is 2. The van der Waals surface area contributed by atoms with Crippen LogP contribution in [0.3, 0.4) is 0 Å². The number of fused-ring (bicyclic) bond motifs is 5. The van der Waals surface area contributed by atoms with Crippen LogP contribution in [0.15, 0.2) is 36.2 Å². The summed E-state index contributed by atoms with van der Waals surface area (Å²) in [6.07, 6.45) is 9.87. The van der Waals surface area contributed by atoms with Crippen LogP contribution in [0.2, 0.25) is 0 Å². The van der Waals surface area contributed by atoms with E-state index in [-0.39, 0.29) is 22.8 Å². The van der Waals surface area contributed by atoms with Gasteiger partial charge in [-0.3, -0.25) is 9.78 Å². The molecule has 1 aromatic heterocycles. The average Bonchev–Trinajstić information content (AvgIpc) is 3.10. The summed E-state index contributed by atoms with van der Waals surface area (Å²) in [5.41, 5.74) is 2.57. The van der Waals surface area contributed by atoms with Gasteiger partial charge < -0.3 is 5.32 Å². The molecular formula is C27H33F3N2O. The zero-order valence-electron chi connectivity index (χ0n) is 19.6. The summed E-state index contributed by atoms with van der Waals surface area (Å²) in [7, 11) is 0. The van der Waals surface area contributed by atoms with E-state index in [1.54, 1.807) is 13.1 Å². The predicted molar refractivity (Wildman–Crippen MR) is 122 cm³/mol. The summed E-state index contributed by atoms with van der Waals surface area (Å²) >= 11 is 0. The van der Waals surface area contributed by atoms with Crippen molar-refractivity contribution in [2.24, 2.45) is 28.6 Å². The van der Waals surface area contributed by atoms with Gasteiger partial charge in [0.15, 0.2) is 0 Å². The summed E-state index contributed by atoms with van der Waals surface area (Å²) in [5.74, 6) is 1.63. The fourth-order valence-electron chi connectivity index (χ4n) is 7.83. The number of pyridine rings is 1. The smallest absolute Gasteiger partial charge is 0.353 e. The molecule has 0 saturated heterocycles. The van der Waals surface area contributed by atoms with Gasteiger partial charge in [-0.15, -0.1) is 0 Å². The van der Waals surface area contributed by atoms with Crippen molar-refractivity contribution in [2.45, 2.75) is 77.9 Å². The number of hydrogen-bond acceptors (Lipinski definition) is 2. The number of halogens is 3. The number of alkyl halides is 3. The van der Waals surface area contributed by atoms with Crippen molar-refractivity contribution >= 4 is 11.5 Å². The number of carbonyl (C=O) groups is 1. The van der Waals surface area contributed by atoms with Gasteiger partial charge in [-0.1, -0.05) is 31.6 Å². The molecule has 0 spiro atoms. The molecule has 1 N–H and O–H groups in total. The zero-order valence-corrected chi connectivity index (χ0v) is 19.6. The maximum atomic E-state index is 13.3. The molecule has 0 aliphatic heterocycles. The third-order valence-corrected chi connectivity index (χ3v) is 9.47. The fourth-order valence-corrected chi connectivity index (χ4v) is 7.83. The number of nitrogens with zero attached hydrogens (tertiary/aromatic N) is 1. The van der Waals surface area contributed by atoms with Crippen LogP contribution >= 0.6 is 0 Å². The molecule has 6 unspecified atom stereocenters. The highest BCUT2D eigenvalue weighted by Crippen LogP contribution is 2.66. The van der Waals surface area contributed by atoms with Gasteiger partial charge in [-0.2, -0.15) is 13.2 Å². The van der Waals surface area contributed by atoms with Crippen LogP contribution in [0.25, 0.3) is 5.57 Å². The predicted octanol–water partition coefficient (Wildman–Crippen LogP) is 6.56. The van der Waals surface area contributed by atoms with E-state index in [9.17, 15) is 18.0 Å². The van der Waals surface area contributed by atoms with Crippen LogP contribution in [0.4, 0.5) is 13.2 Å². The van der Waals surface area contributed by atoms with Crippen LogP contribution in [-0.2, 0) is 11.0 Å². The second-order valence-corrected chi connectivity index (χ2v) is 11.2. The second kappa shape index (κ2) is 7.71. The van der Waals surface area contributed by atoms with E-state index in [1.807, 2.05) is 0 Å². The van der Waals surface area contributed by atoms with E-state index < -0.39 is 11.7 Å². The average molecular weight is 459 g/mol. The molecule has 0 bridgehead atoms. The highest BCUT2D eigenvalue weighted by Gasteiger charge is 2.57. The van der Waals surface area contributed by atoms with E-state index in [0.29, 0.717) is 23.3 Å². The lowest BCUT2D eigenvalue weighted by Crippen LogP contribution is -2.51. The molecule has 6 atom stereocenters. The molecular weight excluding hydrogens is 425 g/mol. The van der Waals surface area contributed by atoms with E-state index in [2.05, 4.69) is 36.3 Å². The summed E-state index contributed by atoms with van der Waals surface area (Å²) in [6.45, 7) is 6.27. The number of allylic oxidation sites excluding steroid dienone is 3. The lowest BCUT2D eigenvalue weighted by molar-refractivity contribution is -0.137. The Morgan fingerprint density at radius 3 is 2.55 bits per heavy atom. The van der Waals surface area contributed by atoms with Gasteiger partial charge in [0.05, 0.1) is 5.56 Å². The van der Waals surface area contributed by atoms with Crippen molar-refractivity contribution in [3.63, 3.8) is 0 Å². The highest BCUT2D eigenvalue weighted by atomic mass is 19.4. The normalized spacial score (nSPS) is 37.9. The summed E-state index contributed by atoms with van der Waals surface area (Å²) in [4.78, 5) is 15.5. The van der Waals surface area contributed by atoms with Crippen LogP contribution in [-0.4, -0.2) is 16.9 Å². The van der Waals surface area contributed by atoms with Gasteiger partial charge in [0.25, 0.3) is 0 Å². The fraction of sp³-hybridized carbons (Fsp3) is 0.630. The molecule has 178 valence electrons. The number of nitrogens with one attached hydrogen (secondary N) is 1.